The fourth-order valence-electron chi connectivity index (χ4n) is 1.74. The molecule has 0 fully saturated rings. The Bertz CT molecular complexity index is 793. The number of esters is 1. The molecule has 2 aromatic rings. The van der Waals surface area contributed by atoms with E-state index in [-0.39, 0.29) is 10.7 Å². The van der Waals surface area contributed by atoms with Crippen molar-refractivity contribution in [1.82, 2.24) is 0 Å². The molecule has 0 aliphatic heterocycles. The Labute approximate surface area is 147 Å². The Morgan fingerprint density at radius 3 is 2.67 bits per heavy atom. The molecule has 0 heterocycles. The Kier molecular flexibility index (Phi) is 6.35. The highest BCUT2D eigenvalue weighted by molar-refractivity contribution is 6.33. The molecular weight excluding hydrogens is 356 g/mol. The van der Waals surface area contributed by atoms with Crippen LogP contribution in [0.25, 0.3) is 6.08 Å². The SMILES string of the molecule is O=C(COC(=O)/C=C/c1cccc(Cl)c1)Nc1ccc(F)cc1Cl. The van der Waals surface area contributed by atoms with E-state index in [1.165, 1.54) is 18.2 Å². The van der Waals surface area contributed by atoms with Gasteiger partial charge in [0, 0.05) is 11.1 Å². The lowest BCUT2D eigenvalue weighted by atomic mass is 10.2. The molecule has 124 valence electrons. The molecule has 0 atom stereocenters. The minimum absolute atomic E-state index is 0.0514. The Hall–Kier alpha value is -2.37. The van der Waals surface area contributed by atoms with Crippen LogP contribution >= 0.6 is 23.2 Å². The zero-order valence-corrected chi connectivity index (χ0v) is 13.8. The molecule has 2 rings (SSSR count). The van der Waals surface area contributed by atoms with Gasteiger partial charge in [0.15, 0.2) is 6.61 Å². The smallest absolute Gasteiger partial charge is 0.331 e. The first-order valence-electron chi connectivity index (χ1n) is 6.79. The number of hydrogen-bond acceptors (Lipinski definition) is 3. The summed E-state index contributed by atoms with van der Waals surface area (Å²) < 4.78 is 17.7. The Morgan fingerprint density at radius 1 is 1.17 bits per heavy atom. The van der Waals surface area contributed by atoms with Crippen LogP contribution in [0.4, 0.5) is 10.1 Å². The zero-order valence-electron chi connectivity index (χ0n) is 12.3. The molecule has 0 saturated carbocycles. The molecule has 2 aromatic carbocycles. The quantitative estimate of drug-likeness (QED) is 0.632. The largest absolute Gasteiger partial charge is 0.452 e. The van der Waals surface area contributed by atoms with E-state index in [9.17, 15) is 14.0 Å². The van der Waals surface area contributed by atoms with Crippen LogP contribution in [0.15, 0.2) is 48.5 Å². The molecule has 7 heteroatoms. The summed E-state index contributed by atoms with van der Waals surface area (Å²) in [7, 11) is 0. The highest BCUT2D eigenvalue weighted by atomic mass is 35.5. The maximum Gasteiger partial charge on any atom is 0.331 e. The number of ether oxygens (including phenoxy) is 1. The van der Waals surface area contributed by atoms with Crippen LogP contribution in [0.1, 0.15) is 5.56 Å². The Morgan fingerprint density at radius 2 is 1.96 bits per heavy atom. The topological polar surface area (TPSA) is 55.4 Å². The number of carbonyl (C=O) groups excluding carboxylic acids is 2. The summed E-state index contributed by atoms with van der Waals surface area (Å²) in [6.45, 7) is -0.494. The normalized spacial score (nSPS) is 10.6. The second-order valence-corrected chi connectivity index (χ2v) is 5.51. The molecule has 0 saturated heterocycles. The van der Waals surface area contributed by atoms with E-state index >= 15 is 0 Å². The van der Waals surface area contributed by atoms with Gasteiger partial charge < -0.3 is 10.1 Å². The van der Waals surface area contributed by atoms with Gasteiger partial charge in [-0.3, -0.25) is 4.79 Å². The Balaban J connectivity index is 1.83. The molecule has 0 bridgehead atoms. The molecule has 0 aliphatic carbocycles. The van der Waals surface area contributed by atoms with Crippen LogP contribution in [0, 0.1) is 5.82 Å². The summed E-state index contributed by atoms with van der Waals surface area (Å²) in [6.07, 6.45) is 2.70. The third-order valence-electron chi connectivity index (χ3n) is 2.81. The molecule has 0 aliphatic rings. The molecule has 0 spiro atoms. The summed E-state index contributed by atoms with van der Waals surface area (Å²) in [4.78, 5) is 23.3. The molecule has 0 unspecified atom stereocenters. The first kappa shape index (κ1) is 18.0. The molecule has 1 amide bonds. The fraction of sp³-hybridized carbons (Fsp3) is 0.0588. The van der Waals surface area contributed by atoms with Crippen molar-refractivity contribution in [3.05, 3.63) is 70.0 Å². The second kappa shape index (κ2) is 8.47. The molecule has 1 N–H and O–H groups in total. The van der Waals surface area contributed by atoms with Gasteiger partial charge in [-0.05, 0) is 42.0 Å². The van der Waals surface area contributed by atoms with Gasteiger partial charge in [-0.15, -0.1) is 0 Å². The van der Waals surface area contributed by atoms with Gasteiger partial charge in [-0.25, -0.2) is 9.18 Å². The first-order chi connectivity index (χ1) is 11.4. The summed E-state index contributed by atoms with van der Waals surface area (Å²) in [5.41, 5.74) is 0.954. The predicted molar refractivity (Wildman–Crippen MR) is 91.5 cm³/mol. The van der Waals surface area contributed by atoms with Crippen LogP contribution in [-0.4, -0.2) is 18.5 Å². The van der Waals surface area contributed by atoms with Crippen molar-refractivity contribution in [1.29, 1.82) is 0 Å². The molecule has 0 aromatic heterocycles. The van der Waals surface area contributed by atoms with E-state index in [4.69, 9.17) is 27.9 Å². The van der Waals surface area contributed by atoms with E-state index in [0.29, 0.717) is 5.02 Å². The fourth-order valence-corrected chi connectivity index (χ4v) is 2.15. The van der Waals surface area contributed by atoms with Crippen LogP contribution in [0.2, 0.25) is 10.0 Å². The van der Waals surface area contributed by atoms with Gasteiger partial charge >= 0.3 is 5.97 Å². The van der Waals surface area contributed by atoms with Crippen LogP contribution < -0.4 is 5.32 Å². The number of anilines is 1. The monoisotopic (exact) mass is 367 g/mol. The van der Waals surface area contributed by atoms with Gasteiger partial charge in [0.2, 0.25) is 0 Å². The van der Waals surface area contributed by atoms with Crippen LogP contribution in [0.3, 0.4) is 0 Å². The number of hydrogen-bond donors (Lipinski definition) is 1. The van der Waals surface area contributed by atoms with E-state index in [1.54, 1.807) is 24.3 Å². The average molecular weight is 368 g/mol. The lowest BCUT2D eigenvalue weighted by molar-refractivity contribution is -0.142. The number of amides is 1. The van der Waals surface area contributed by atoms with Crippen LogP contribution in [0.5, 0.6) is 0 Å². The number of benzene rings is 2. The molecule has 4 nitrogen and oxygen atoms in total. The van der Waals surface area contributed by atoms with Crippen molar-refractivity contribution < 1.29 is 18.7 Å². The number of rotatable bonds is 5. The van der Waals surface area contributed by atoms with Gasteiger partial charge in [-0.2, -0.15) is 0 Å². The van der Waals surface area contributed by atoms with Gasteiger partial charge in [0.1, 0.15) is 5.82 Å². The van der Waals surface area contributed by atoms with Gasteiger partial charge in [0.05, 0.1) is 10.7 Å². The van der Waals surface area contributed by atoms with Crippen LogP contribution in [-0.2, 0) is 14.3 Å². The zero-order chi connectivity index (χ0) is 17.5. The molecular formula is C17H12Cl2FNO3. The van der Waals surface area contributed by atoms with E-state index in [1.807, 2.05) is 0 Å². The van der Waals surface area contributed by atoms with Gasteiger partial charge in [0.25, 0.3) is 5.91 Å². The summed E-state index contributed by atoms with van der Waals surface area (Å²) in [5.74, 6) is -1.79. The van der Waals surface area contributed by atoms with Crippen molar-refractivity contribution in [2.75, 3.05) is 11.9 Å². The summed E-state index contributed by atoms with van der Waals surface area (Å²) >= 11 is 11.6. The molecule has 0 radical (unpaired) electrons. The maximum absolute atomic E-state index is 12.9. The summed E-state index contributed by atoms with van der Waals surface area (Å²) in [6, 6.07) is 10.4. The van der Waals surface area contributed by atoms with Crippen molar-refractivity contribution in [2.24, 2.45) is 0 Å². The average Bonchev–Trinajstić information content (AvgIpc) is 2.54. The third-order valence-corrected chi connectivity index (χ3v) is 3.36. The minimum Gasteiger partial charge on any atom is -0.452 e. The first-order valence-corrected chi connectivity index (χ1v) is 7.55. The summed E-state index contributed by atoms with van der Waals surface area (Å²) in [5, 5.41) is 3.01. The second-order valence-electron chi connectivity index (χ2n) is 4.67. The maximum atomic E-state index is 12.9. The number of carbonyl (C=O) groups is 2. The van der Waals surface area contributed by atoms with Crippen molar-refractivity contribution >= 4 is 46.8 Å². The minimum atomic E-state index is -0.685. The number of halogens is 3. The highest BCUT2D eigenvalue weighted by Gasteiger charge is 2.08. The standard InChI is InChI=1S/C17H12Cl2FNO3/c18-12-3-1-2-11(8-12)4-7-17(23)24-10-16(22)21-15-6-5-13(20)9-14(15)19/h1-9H,10H2,(H,21,22)/b7-4+. The van der Waals surface area contributed by atoms with Crippen molar-refractivity contribution in [2.45, 2.75) is 0 Å². The van der Waals surface area contributed by atoms with Gasteiger partial charge in [-0.1, -0.05) is 35.3 Å². The predicted octanol–water partition coefficient (Wildman–Crippen LogP) is 4.33. The highest BCUT2D eigenvalue weighted by Crippen LogP contribution is 2.22. The lowest BCUT2D eigenvalue weighted by Crippen LogP contribution is -2.20. The van der Waals surface area contributed by atoms with E-state index in [0.717, 1.165) is 17.7 Å². The van der Waals surface area contributed by atoms with E-state index in [2.05, 4.69) is 5.32 Å². The van der Waals surface area contributed by atoms with Crippen molar-refractivity contribution in [3.63, 3.8) is 0 Å². The third kappa shape index (κ3) is 5.68. The van der Waals surface area contributed by atoms with Crippen molar-refractivity contribution in [3.8, 4) is 0 Å². The number of nitrogens with one attached hydrogen (secondary N) is 1. The van der Waals surface area contributed by atoms with E-state index < -0.39 is 24.3 Å². The lowest BCUT2D eigenvalue weighted by Gasteiger charge is -2.07. The molecule has 24 heavy (non-hydrogen) atoms.